The van der Waals surface area contributed by atoms with Crippen molar-refractivity contribution in [2.24, 2.45) is 0 Å². The first-order chi connectivity index (χ1) is 11.6. The highest BCUT2D eigenvalue weighted by molar-refractivity contribution is 7.21. The van der Waals surface area contributed by atoms with Gasteiger partial charge in [0.1, 0.15) is 10.6 Å². The van der Waals surface area contributed by atoms with Gasteiger partial charge in [-0.15, -0.1) is 11.3 Å². The molecule has 1 aromatic carbocycles. The average Bonchev–Trinajstić information content (AvgIpc) is 3.21. The summed E-state index contributed by atoms with van der Waals surface area (Å²) in [6.45, 7) is 1.74. The van der Waals surface area contributed by atoms with E-state index < -0.39 is 18.0 Å². The highest BCUT2D eigenvalue weighted by Crippen LogP contribution is 2.35. The van der Waals surface area contributed by atoms with Gasteiger partial charge < -0.3 is 14.5 Å². The van der Waals surface area contributed by atoms with Gasteiger partial charge >= 0.3 is 5.97 Å². The number of furan rings is 1. The number of rotatable bonds is 5. The Morgan fingerprint density at radius 1 is 1.29 bits per heavy atom. The number of carbonyl (C=O) groups is 2. The molecule has 2 aromatic heterocycles. The molecule has 0 bridgehead atoms. The van der Waals surface area contributed by atoms with Gasteiger partial charge in [-0.25, -0.2) is 4.79 Å². The minimum absolute atomic E-state index is 0.233. The maximum atomic E-state index is 12.3. The van der Waals surface area contributed by atoms with Crippen LogP contribution < -0.4 is 5.32 Å². The third-order valence-electron chi connectivity index (χ3n) is 3.39. The highest BCUT2D eigenvalue weighted by atomic mass is 35.5. The number of hydrogen-bond acceptors (Lipinski definition) is 5. The molecule has 3 rings (SSSR count). The Labute approximate surface area is 147 Å². The van der Waals surface area contributed by atoms with Crippen LogP contribution in [0.2, 0.25) is 5.02 Å². The minimum Gasteiger partial charge on any atom is -0.467 e. The quantitative estimate of drug-likeness (QED) is 0.695. The van der Waals surface area contributed by atoms with Crippen LogP contribution in [0, 0.1) is 0 Å². The van der Waals surface area contributed by atoms with Gasteiger partial charge in [-0.05, 0) is 25.1 Å². The van der Waals surface area contributed by atoms with E-state index in [0.29, 0.717) is 15.7 Å². The molecule has 1 N–H and O–H groups in total. The summed E-state index contributed by atoms with van der Waals surface area (Å²) in [5, 5.41) is 3.79. The molecule has 3 aromatic rings. The van der Waals surface area contributed by atoms with E-state index >= 15 is 0 Å². The van der Waals surface area contributed by atoms with Crippen molar-refractivity contribution in [1.29, 1.82) is 0 Å². The molecule has 0 unspecified atom stereocenters. The Morgan fingerprint density at radius 3 is 2.79 bits per heavy atom. The van der Waals surface area contributed by atoms with Gasteiger partial charge in [-0.1, -0.05) is 29.8 Å². The number of fused-ring (bicyclic) bond motifs is 1. The molecule has 5 nitrogen and oxygen atoms in total. The fraction of sp³-hybridized carbons (Fsp3) is 0.176. The first kappa shape index (κ1) is 16.5. The molecule has 0 radical (unpaired) electrons. The fourth-order valence-corrected chi connectivity index (χ4v) is 3.54. The summed E-state index contributed by atoms with van der Waals surface area (Å²) in [6.07, 6.45) is 0.586. The predicted octanol–water partition coefficient (Wildman–Crippen LogP) is 4.01. The number of halogens is 1. The molecule has 0 fully saturated rings. The molecule has 0 saturated heterocycles. The van der Waals surface area contributed by atoms with Crippen LogP contribution >= 0.6 is 22.9 Å². The predicted molar refractivity (Wildman–Crippen MR) is 92.3 cm³/mol. The maximum Gasteiger partial charge on any atom is 0.350 e. The molecule has 24 heavy (non-hydrogen) atoms. The summed E-state index contributed by atoms with van der Waals surface area (Å²) in [5.41, 5.74) is 0. The van der Waals surface area contributed by atoms with Gasteiger partial charge in [-0.3, -0.25) is 4.79 Å². The third-order valence-corrected chi connectivity index (χ3v) is 5.05. The van der Waals surface area contributed by atoms with Crippen LogP contribution in [0.1, 0.15) is 22.4 Å². The van der Waals surface area contributed by atoms with Crippen LogP contribution in [-0.4, -0.2) is 18.0 Å². The van der Waals surface area contributed by atoms with E-state index in [1.165, 1.54) is 24.5 Å². The second-order valence-electron chi connectivity index (χ2n) is 5.09. The number of thiophene rings is 1. The van der Waals surface area contributed by atoms with E-state index in [-0.39, 0.29) is 6.54 Å². The topological polar surface area (TPSA) is 68.5 Å². The summed E-state index contributed by atoms with van der Waals surface area (Å²) in [6, 6.07) is 10.9. The molecular formula is C17H14ClNO4S. The van der Waals surface area contributed by atoms with E-state index in [2.05, 4.69) is 5.32 Å². The third kappa shape index (κ3) is 3.44. The summed E-state index contributed by atoms with van der Waals surface area (Å²) in [5.74, 6) is -0.395. The summed E-state index contributed by atoms with van der Waals surface area (Å²) < 4.78 is 11.2. The Hall–Kier alpha value is -2.31. The van der Waals surface area contributed by atoms with Crippen LogP contribution in [0.25, 0.3) is 10.1 Å². The summed E-state index contributed by atoms with van der Waals surface area (Å²) >= 11 is 7.48. The van der Waals surface area contributed by atoms with Crippen molar-refractivity contribution in [3.63, 3.8) is 0 Å². The van der Waals surface area contributed by atoms with Gasteiger partial charge in [0, 0.05) is 10.1 Å². The lowest BCUT2D eigenvalue weighted by atomic mass is 10.2. The van der Waals surface area contributed by atoms with Crippen LogP contribution in [0.3, 0.4) is 0 Å². The van der Waals surface area contributed by atoms with Crippen molar-refractivity contribution < 1.29 is 18.7 Å². The molecule has 0 saturated carbocycles. The number of esters is 1. The molecule has 0 aliphatic carbocycles. The molecule has 0 aliphatic rings. The molecule has 1 amide bonds. The zero-order chi connectivity index (χ0) is 17.1. The highest BCUT2D eigenvalue weighted by Gasteiger charge is 2.23. The molecule has 7 heteroatoms. The van der Waals surface area contributed by atoms with Crippen molar-refractivity contribution >= 4 is 44.9 Å². The average molecular weight is 364 g/mol. The van der Waals surface area contributed by atoms with E-state index in [0.717, 1.165) is 10.1 Å². The monoisotopic (exact) mass is 363 g/mol. The van der Waals surface area contributed by atoms with Crippen LogP contribution in [0.5, 0.6) is 0 Å². The SMILES string of the molecule is C[C@@H](OC(=O)c1sc2ccccc2c1Cl)C(=O)NCc1ccco1. The van der Waals surface area contributed by atoms with Crippen molar-refractivity contribution in [3.05, 3.63) is 58.3 Å². The molecular weight excluding hydrogens is 350 g/mol. The zero-order valence-corrected chi connectivity index (χ0v) is 14.3. The van der Waals surface area contributed by atoms with Gasteiger partial charge in [0.05, 0.1) is 17.8 Å². The Morgan fingerprint density at radius 2 is 2.08 bits per heavy atom. The molecule has 124 valence electrons. The standard InChI is InChI=1S/C17H14ClNO4S/c1-10(16(20)19-9-11-5-4-8-22-11)23-17(21)15-14(18)12-6-2-3-7-13(12)24-15/h2-8,10H,9H2,1H3,(H,19,20)/t10-/m1/s1. The fourth-order valence-electron chi connectivity index (χ4n) is 2.14. The second-order valence-corrected chi connectivity index (χ2v) is 6.52. The van der Waals surface area contributed by atoms with Gasteiger partial charge in [0.25, 0.3) is 5.91 Å². The number of carbonyl (C=O) groups excluding carboxylic acids is 2. The number of hydrogen-bond donors (Lipinski definition) is 1. The Kier molecular flexibility index (Phi) is 4.87. The number of nitrogens with one attached hydrogen (secondary N) is 1. The van der Waals surface area contributed by atoms with E-state index in [1.807, 2.05) is 24.3 Å². The molecule has 0 spiro atoms. The van der Waals surface area contributed by atoms with E-state index in [9.17, 15) is 9.59 Å². The van der Waals surface area contributed by atoms with Crippen LogP contribution in [0.15, 0.2) is 47.1 Å². The Bertz CT molecular complexity index is 872. The lowest BCUT2D eigenvalue weighted by Crippen LogP contribution is -2.35. The number of amides is 1. The van der Waals surface area contributed by atoms with Gasteiger partial charge in [0.2, 0.25) is 0 Å². The number of benzene rings is 1. The molecule has 2 heterocycles. The van der Waals surface area contributed by atoms with E-state index in [4.69, 9.17) is 20.8 Å². The lowest BCUT2D eigenvalue weighted by Gasteiger charge is -2.12. The molecule has 1 atom stereocenters. The van der Waals surface area contributed by atoms with Crippen molar-refractivity contribution in [2.45, 2.75) is 19.6 Å². The van der Waals surface area contributed by atoms with Crippen molar-refractivity contribution in [3.8, 4) is 0 Å². The molecule has 0 aliphatic heterocycles. The first-order valence-corrected chi connectivity index (χ1v) is 8.44. The van der Waals surface area contributed by atoms with Crippen LogP contribution in [-0.2, 0) is 16.1 Å². The zero-order valence-electron chi connectivity index (χ0n) is 12.7. The van der Waals surface area contributed by atoms with Gasteiger partial charge in [-0.2, -0.15) is 0 Å². The van der Waals surface area contributed by atoms with Crippen molar-refractivity contribution in [2.75, 3.05) is 0 Å². The normalized spacial score (nSPS) is 12.1. The Balaban J connectivity index is 1.64. The maximum absolute atomic E-state index is 12.3. The summed E-state index contributed by atoms with van der Waals surface area (Å²) in [7, 11) is 0. The minimum atomic E-state index is -0.936. The number of ether oxygens (including phenoxy) is 1. The smallest absolute Gasteiger partial charge is 0.350 e. The van der Waals surface area contributed by atoms with Crippen molar-refractivity contribution in [1.82, 2.24) is 5.32 Å². The largest absolute Gasteiger partial charge is 0.467 e. The van der Waals surface area contributed by atoms with Crippen LogP contribution in [0.4, 0.5) is 0 Å². The summed E-state index contributed by atoms with van der Waals surface area (Å²) in [4.78, 5) is 24.6. The van der Waals surface area contributed by atoms with Gasteiger partial charge in [0.15, 0.2) is 6.10 Å². The lowest BCUT2D eigenvalue weighted by molar-refractivity contribution is -0.129. The second kappa shape index (κ2) is 7.07. The first-order valence-electron chi connectivity index (χ1n) is 7.24. The van der Waals surface area contributed by atoms with E-state index in [1.54, 1.807) is 12.1 Å².